The molecular weight excluding hydrogens is 456 g/mol. The van der Waals surface area contributed by atoms with E-state index in [1.54, 1.807) is 6.92 Å². The number of nitrogens with zero attached hydrogens (tertiary/aromatic N) is 3. The second kappa shape index (κ2) is 11.0. The number of halogens is 1. The van der Waals surface area contributed by atoms with Crippen molar-refractivity contribution in [2.75, 3.05) is 26.2 Å². The molecule has 0 spiro atoms. The van der Waals surface area contributed by atoms with Gasteiger partial charge in [0.05, 0.1) is 6.42 Å². The molecule has 4 rings (SSSR count). The molecule has 1 amide bonds. The highest BCUT2D eigenvalue weighted by atomic mass is 35.5. The first-order valence-corrected chi connectivity index (χ1v) is 12.4. The molecule has 3 aromatic rings. The third-order valence-corrected chi connectivity index (χ3v) is 6.95. The van der Waals surface area contributed by atoms with Crippen LogP contribution in [0.25, 0.3) is 0 Å². The predicted molar refractivity (Wildman–Crippen MR) is 133 cm³/mol. The number of hydrogen-bond donors (Lipinski definition) is 1. The number of H-pyrrole nitrogens is 1. The lowest BCUT2D eigenvalue weighted by molar-refractivity contribution is -0.132. The van der Waals surface area contributed by atoms with Gasteiger partial charge in [0.15, 0.2) is 5.16 Å². The minimum Gasteiger partial charge on any atom is -0.340 e. The van der Waals surface area contributed by atoms with Gasteiger partial charge in [-0.15, -0.1) is 0 Å². The highest BCUT2D eigenvalue weighted by Crippen LogP contribution is 2.21. The number of piperazine rings is 1. The molecule has 1 aliphatic heterocycles. The first-order valence-electron chi connectivity index (χ1n) is 11.0. The third-order valence-electron chi connectivity index (χ3n) is 5.77. The Morgan fingerprint density at radius 3 is 2.48 bits per heavy atom. The van der Waals surface area contributed by atoms with E-state index in [1.807, 2.05) is 47.4 Å². The van der Waals surface area contributed by atoms with Gasteiger partial charge in [-0.05, 0) is 30.2 Å². The van der Waals surface area contributed by atoms with Crippen LogP contribution in [0.15, 0.2) is 64.5 Å². The lowest BCUT2D eigenvalue weighted by atomic mass is 10.1. The fourth-order valence-corrected chi connectivity index (χ4v) is 4.96. The SMILES string of the molecule is Cc1nc(SCc2cccc(Cl)c2)[nH]c(=O)c1CC(=O)N1CCN(Cc2ccccc2)CC1. The van der Waals surface area contributed by atoms with Gasteiger partial charge in [0.1, 0.15) is 0 Å². The second-order valence-corrected chi connectivity index (χ2v) is 9.57. The summed E-state index contributed by atoms with van der Waals surface area (Å²) >= 11 is 7.47. The molecule has 2 aromatic carbocycles. The minimum atomic E-state index is -0.243. The van der Waals surface area contributed by atoms with E-state index in [1.165, 1.54) is 17.3 Å². The van der Waals surface area contributed by atoms with Crippen LogP contribution in [-0.4, -0.2) is 51.9 Å². The van der Waals surface area contributed by atoms with Gasteiger partial charge in [-0.2, -0.15) is 0 Å². The van der Waals surface area contributed by atoms with Crippen LogP contribution in [0.5, 0.6) is 0 Å². The summed E-state index contributed by atoms with van der Waals surface area (Å²) < 4.78 is 0. The molecule has 1 saturated heterocycles. The second-order valence-electron chi connectivity index (χ2n) is 8.17. The number of carbonyl (C=O) groups excluding carboxylic acids is 1. The maximum absolute atomic E-state index is 12.9. The van der Waals surface area contributed by atoms with E-state index in [4.69, 9.17) is 11.6 Å². The summed E-state index contributed by atoms with van der Waals surface area (Å²) in [5, 5.41) is 1.23. The number of rotatable bonds is 7. The predicted octanol–water partition coefficient (Wildman–Crippen LogP) is 3.91. The van der Waals surface area contributed by atoms with Gasteiger partial charge in [-0.1, -0.05) is 65.8 Å². The Hall–Kier alpha value is -2.61. The normalized spacial score (nSPS) is 14.4. The number of aromatic nitrogens is 2. The number of aryl methyl sites for hydroxylation is 1. The molecule has 33 heavy (non-hydrogen) atoms. The summed E-state index contributed by atoms with van der Waals surface area (Å²) in [5.74, 6) is 0.623. The Kier molecular flexibility index (Phi) is 7.85. The van der Waals surface area contributed by atoms with E-state index in [2.05, 4.69) is 27.0 Å². The maximum atomic E-state index is 12.9. The zero-order valence-electron chi connectivity index (χ0n) is 18.6. The van der Waals surface area contributed by atoms with Gasteiger partial charge >= 0.3 is 0 Å². The van der Waals surface area contributed by atoms with E-state index < -0.39 is 0 Å². The quantitative estimate of drug-likeness (QED) is 0.408. The van der Waals surface area contributed by atoms with Crippen LogP contribution in [-0.2, 0) is 23.5 Å². The molecule has 6 nitrogen and oxygen atoms in total. The highest BCUT2D eigenvalue weighted by Gasteiger charge is 2.23. The molecule has 0 atom stereocenters. The Morgan fingerprint density at radius 2 is 1.79 bits per heavy atom. The van der Waals surface area contributed by atoms with Crippen molar-refractivity contribution in [3.05, 3.63) is 92.4 Å². The van der Waals surface area contributed by atoms with Gasteiger partial charge in [0.25, 0.3) is 5.56 Å². The van der Waals surface area contributed by atoms with Crippen molar-refractivity contribution in [2.45, 2.75) is 30.8 Å². The molecule has 0 aliphatic carbocycles. The third kappa shape index (κ3) is 6.47. The molecule has 0 saturated carbocycles. The van der Waals surface area contributed by atoms with E-state index in [0.29, 0.717) is 40.3 Å². The minimum absolute atomic E-state index is 0.0240. The average Bonchev–Trinajstić information content (AvgIpc) is 2.81. The first kappa shape index (κ1) is 23.5. The van der Waals surface area contributed by atoms with Crippen molar-refractivity contribution in [1.29, 1.82) is 0 Å². The zero-order chi connectivity index (χ0) is 23.2. The van der Waals surface area contributed by atoms with Gasteiger partial charge in [0.2, 0.25) is 5.91 Å². The molecule has 1 aliphatic rings. The van der Waals surface area contributed by atoms with Crippen molar-refractivity contribution in [2.24, 2.45) is 0 Å². The van der Waals surface area contributed by atoms with Crippen LogP contribution in [0, 0.1) is 6.92 Å². The van der Waals surface area contributed by atoms with Crippen molar-refractivity contribution in [3.8, 4) is 0 Å². The number of nitrogens with one attached hydrogen (secondary N) is 1. The standard InChI is InChI=1S/C25H27ClN4O2S/c1-18-22(24(32)28-25(27-18)33-17-20-8-5-9-21(26)14-20)15-23(31)30-12-10-29(11-13-30)16-19-6-3-2-4-7-19/h2-9,14H,10-13,15-17H2,1H3,(H,27,28,32). The first-order chi connectivity index (χ1) is 16.0. The van der Waals surface area contributed by atoms with Crippen LogP contribution >= 0.6 is 23.4 Å². The molecule has 0 unspecified atom stereocenters. The number of thioether (sulfide) groups is 1. The van der Waals surface area contributed by atoms with Crippen LogP contribution in [0.3, 0.4) is 0 Å². The van der Waals surface area contributed by atoms with Gasteiger partial charge < -0.3 is 9.88 Å². The number of carbonyl (C=O) groups is 1. The summed E-state index contributed by atoms with van der Waals surface area (Å²) in [6.45, 7) is 5.67. The Bertz CT molecular complexity index is 1160. The largest absolute Gasteiger partial charge is 0.340 e. The average molecular weight is 483 g/mol. The summed E-state index contributed by atoms with van der Waals surface area (Å²) in [4.78, 5) is 37.1. The van der Waals surface area contributed by atoms with Crippen molar-refractivity contribution in [1.82, 2.24) is 19.8 Å². The van der Waals surface area contributed by atoms with Gasteiger partial charge in [-0.25, -0.2) is 4.98 Å². The molecule has 0 radical (unpaired) electrons. The summed E-state index contributed by atoms with van der Waals surface area (Å²) in [6.07, 6.45) is 0.0755. The number of hydrogen-bond acceptors (Lipinski definition) is 5. The van der Waals surface area contributed by atoms with E-state index in [-0.39, 0.29) is 17.9 Å². The molecule has 172 valence electrons. The topological polar surface area (TPSA) is 69.3 Å². The molecule has 1 N–H and O–H groups in total. The van der Waals surface area contributed by atoms with Crippen molar-refractivity contribution >= 4 is 29.3 Å². The van der Waals surface area contributed by atoms with E-state index in [9.17, 15) is 9.59 Å². The van der Waals surface area contributed by atoms with Gasteiger partial charge in [0, 0.05) is 54.8 Å². The van der Waals surface area contributed by atoms with Crippen LogP contribution in [0.2, 0.25) is 5.02 Å². The fraction of sp³-hybridized carbons (Fsp3) is 0.320. The smallest absolute Gasteiger partial charge is 0.255 e. The monoisotopic (exact) mass is 482 g/mol. The number of benzene rings is 2. The number of aromatic amines is 1. The number of amides is 1. The Labute approximate surface area is 203 Å². The van der Waals surface area contributed by atoms with Gasteiger partial charge in [-0.3, -0.25) is 14.5 Å². The summed E-state index contributed by atoms with van der Waals surface area (Å²) in [7, 11) is 0. The van der Waals surface area contributed by atoms with E-state index >= 15 is 0 Å². The van der Waals surface area contributed by atoms with Crippen LogP contribution < -0.4 is 5.56 Å². The molecule has 0 bridgehead atoms. The lowest BCUT2D eigenvalue weighted by Crippen LogP contribution is -2.49. The van der Waals surface area contributed by atoms with Crippen LogP contribution in [0.4, 0.5) is 0 Å². The van der Waals surface area contributed by atoms with E-state index in [0.717, 1.165) is 25.2 Å². The molecular formula is C25H27ClN4O2S. The molecule has 2 heterocycles. The lowest BCUT2D eigenvalue weighted by Gasteiger charge is -2.34. The highest BCUT2D eigenvalue weighted by molar-refractivity contribution is 7.98. The van der Waals surface area contributed by atoms with Crippen molar-refractivity contribution in [3.63, 3.8) is 0 Å². The van der Waals surface area contributed by atoms with Crippen LogP contribution in [0.1, 0.15) is 22.4 Å². The maximum Gasteiger partial charge on any atom is 0.255 e. The Balaban J connectivity index is 1.32. The molecule has 1 fully saturated rings. The summed E-state index contributed by atoms with van der Waals surface area (Å²) in [6, 6.07) is 18.0. The fourth-order valence-electron chi connectivity index (χ4n) is 3.90. The van der Waals surface area contributed by atoms with Crippen molar-refractivity contribution < 1.29 is 4.79 Å². The Morgan fingerprint density at radius 1 is 1.06 bits per heavy atom. The molecule has 1 aromatic heterocycles. The zero-order valence-corrected chi connectivity index (χ0v) is 20.2. The molecule has 8 heteroatoms. The summed E-state index contributed by atoms with van der Waals surface area (Å²) in [5.41, 5.74) is 3.13.